The van der Waals surface area contributed by atoms with Gasteiger partial charge < -0.3 is 18.5 Å². The molecule has 298 valence electrons. The van der Waals surface area contributed by atoms with Crippen LogP contribution in [0, 0.1) is 0 Å². The summed E-state index contributed by atoms with van der Waals surface area (Å²) in [6, 6.07) is 81.6. The van der Waals surface area contributed by atoms with Gasteiger partial charge in [0.2, 0.25) is 0 Å². The first kappa shape index (κ1) is 35.0. The van der Waals surface area contributed by atoms with E-state index < -0.39 is 0 Å². The third-order valence-electron chi connectivity index (χ3n) is 13.5. The molecular formula is C60H37N3O. The molecule has 4 heteroatoms. The van der Waals surface area contributed by atoms with Crippen molar-refractivity contribution >= 4 is 115 Å². The maximum atomic E-state index is 6.53. The van der Waals surface area contributed by atoms with E-state index in [2.05, 4.69) is 226 Å². The van der Waals surface area contributed by atoms with E-state index in [9.17, 15) is 0 Å². The summed E-state index contributed by atoms with van der Waals surface area (Å²) in [6.45, 7) is 0. The zero-order chi connectivity index (χ0) is 41.9. The van der Waals surface area contributed by atoms with Crippen molar-refractivity contribution in [2.75, 3.05) is 4.90 Å². The second-order valence-corrected chi connectivity index (χ2v) is 16.9. The second kappa shape index (κ2) is 13.4. The molecule has 0 aliphatic carbocycles. The Kier molecular flexibility index (Phi) is 7.36. The van der Waals surface area contributed by atoms with Crippen molar-refractivity contribution in [3.05, 3.63) is 224 Å². The standard InChI is InChI=1S/C60H37N3O/c1-2-14-38(15-3-1)62-55-23-11-8-20-48(55)50-31-27-41(36-58(50)62)63-56-24-12-9-21-49(56)54-35-40(29-33-57(54)63)61(42-28-32-52-51-22-10-13-25-59(51)64-60(52)37-42)39-26-30-47-45-18-5-4-16-43(45)44-17-6-7-19-46(44)53(47)34-39/h1-37H. The summed E-state index contributed by atoms with van der Waals surface area (Å²) in [7, 11) is 0. The van der Waals surface area contributed by atoms with E-state index in [0.29, 0.717) is 0 Å². The molecule has 0 spiro atoms. The van der Waals surface area contributed by atoms with Gasteiger partial charge >= 0.3 is 0 Å². The van der Waals surface area contributed by atoms with E-state index in [1.807, 2.05) is 12.1 Å². The molecule has 3 aromatic heterocycles. The molecule has 0 aliphatic rings. The molecule has 0 saturated heterocycles. The smallest absolute Gasteiger partial charge is 0.137 e. The predicted molar refractivity (Wildman–Crippen MR) is 270 cm³/mol. The average molecular weight is 816 g/mol. The van der Waals surface area contributed by atoms with E-state index in [1.54, 1.807) is 0 Å². The molecule has 14 aromatic rings. The van der Waals surface area contributed by atoms with Crippen LogP contribution in [0.4, 0.5) is 17.1 Å². The van der Waals surface area contributed by atoms with Gasteiger partial charge in [0, 0.05) is 66.8 Å². The van der Waals surface area contributed by atoms with E-state index in [4.69, 9.17) is 4.42 Å². The van der Waals surface area contributed by atoms with Crippen LogP contribution in [-0.2, 0) is 0 Å². The van der Waals surface area contributed by atoms with E-state index in [-0.39, 0.29) is 0 Å². The molecule has 0 bridgehead atoms. The number of benzene rings is 11. The Bertz CT molecular complexity index is 4170. The number of para-hydroxylation sites is 4. The first-order valence-corrected chi connectivity index (χ1v) is 21.9. The zero-order valence-electron chi connectivity index (χ0n) is 34.6. The SMILES string of the molecule is c1ccc(-n2c3ccccc3c3ccc(-n4c5ccccc5c5cc(N(c6ccc7c(c6)oc6ccccc67)c6ccc7c8ccccc8c8ccccc8c7c6)ccc54)cc32)cc1. The maximum Gasteiger partial charge on any atom is 0.137 e. The quantitative estimate of drug-likeness (QED) is 0.162. The molecule has 0 unspecified atom stereocenters. The minimum Gasteiger partial charge on any atom is -0.456 e. The van der Waals surface area contributed by atoms with Crippen LogP contribution < -0.4 is 4.90 Å². The molecule has 11 aromatic carbocycles. The summed E-state index contributed by atoms with van der Waals surface area (Å²) in [5, 5.41) is 14.6. The molecule has 3 heterocycles. The van der Waals surface area contributed by atoms with Crippen LogP contribution in [0.1, 0.15) is 0 Å². The summed E-state index contributed by atoms with van der Waals surface area (Å²) in [5.74, 6) is 0. The van der Waals surface area contributed by atoms with Gasteiger partial charge in [-0.15, -0.1) is 0 Å². The van der Waals surface area contributed by atoms with Crippen LogP contribution in [0.5, 0.6) is 0 Å². The zero-order valence-corrected chi connectivity index (χ0v) is 34.6. The van der Waals surface area contributed by atoms with Crippen LogP contribution in [0.25, 0.3) is 109 Å². The number of anilines is 3. The molecule has 4 nitrogen and oxygen atoms in total. The Morgan fingerprint density at radius 2 is 0.688 bits per heavy atom. The van der Waals surface area contributed by atoms with Crippen molar-refractivity contribution in [1.82, 2.24) is 9.13 Å². The molecule has 0 N–H and O–H groups in total. The van der Waals surface area contributed by atoms with E-state index in [1.165, 1.54) is 64.9 Å². The Balaban J connectivity index is 1.01. The number of fused-ring (bicyclic) bond motifs is 15. The molecule has 0 fully saturated rings. The van der Waals surface area contributed by atoms with Crippen molar-refractivity contribution in [3.63, 3.8) is 0 Å². The summed E-state index contributed by atoms with van der Waals surface area (Å²) >= 11 is 0. The highest BCUT2D eigenvalue weighted by Crippen LogP contribution is 2.45. The van der Waals surface area contributed by atoms with Gasteiger partial charge in [-0.25, -0.2) is 0 Å². The number of aromatic nitrogens is 2. The fourth-order valence-electron chi connectivity index (χ4n) is 10.7. The lowest BCUT2D eigenvalue weighted by Crippen LogP contribution is -2.10. The maximum absolute atomic E-state index is 6.53. The van der Waals surface area contributed by atoms with Crippen molar-refractivity contribution in [2.24, 2.45) is 0 Å². The van der Waals surface area contributed by atoms with Gasteiger partial charge in [-0.3, -0.25) is 0 Å². The minimum absolute atomic E-state index is 0.863. The Morgan fingerprint density at radius 1 is 0.250 bits per heavy atom. The van der Waals surface area contributed by atoms with Gasteiger partial charge in [0.05, 0.1) is 22.1 Å². The van der Waals surface area contributed by atoms with Crippen molar-refractivity contribution in [1.29, 1.82) is 0 Å². The summed E-state index contributed by atoms with van der Waals surface area (Å²) in [4.78, 5) is 2.39. The first-order valence-electron chi connectivity index (χ1n) is 21.9. The van der Waals surface area contributed by atoms with Gasteiger partial charge in [-0.2, -0.15) is 0 Å². The second-order valence-electron chi connectivity index (χ2n) is 16.9. The number of hydrogen-bond acceptors (Lipinski definition) is 2. The topological polar surface area (TPSA) is 26.2 Å². The first-order chi connectivity index (χ1) is 31.7. The fourth-order valence-corrected chi connectivity index (χ4v) is 10.7. The Morgan fingerprint density at radius 3 is 1.39 bits per heavy atom. The molecular weight excluding hydrogens is 779 g/mol. The van der Waals surface area contributed by atoms with E-state index >= 15 is 0 Å². The highest BCUT2D eigenvalue weighted by molar-refractivity contribution is 6.26. The van der Waals surface area contributed by atoms with E-state index in [0.717, 1.165) is 61.4 Å². The van der Waals surface area contributed by atoms with Crippen LogP contribution in [0.15, 0.2) is 229 Å². The molecule has 64 heavy (non-hydrogen) atoms. The molecule has 14 rings (SSSR count). The van der Waals surface area contributed by atoms with Crippen LogP contribution in [0.3, 0.4) is 0 Å². The summed E-state index contributed by atoms with van der Waals surface area (Å²) in [6.07, 6.45) is 0. The van der Waals surface area contributed by atoms with Gasteiger partial charge in [0.15, 0.2) is 0 Å². The Hall–Kier alpha value is -8.60. The average Bonchev–Trinajstić information content (AvgIpc) is 4.01. The minimum atomic E-state index is 0.863. The van der Waals surface area contributed by atoms with Crippen molar-refractivity contribution in [2.45, 2.75) is 0 Å². The van der Waals surface area contributed by atoms with Crippen molar-refractivity contribution < 1.29 is 4.42 Å². The molecule has 0 atom stereocenters. The van der Waals surface area contributed by atoms with Gasteiger partial charge in [0.1, 0.15) is 11.2 Å². The molecule has 0 saturated carbocycles. The van der Waals surface area contributed by atoms with Gasteiger partial charge in [-0.1, -0.05) is 133 Å². The van der Waals surface area contributed by atoms with Crippen molar-refractivity contribution in [3.8, 4) is 11.4 Å². The lowest BCUT2D eigenvalue weighted by Gasteiger charge is -2.26. The number of rotatable bonds is 5. The Labute approximate surface area is 367 Å². The predicted octanol–water partition coefficient (Wildman–Crippen LogP) is 16.7. The van der Waals surface area contributed by atoms with Gasteiger partial charge in [0.25, 0.3) is 0 Å². The third kappa shape index (κ3) is 5.05. The van der Waals surface area contributed by atoms with Gasteiger partial charge in [-0.05, 0) is 117 Å². The number of nitrogens with zero attached hydrogens (tertiary/aromatic N) is 3. The summed E-state index contributed by atoms with van der Waals surface area (Å²) < 4.78 is 11.4. The van der Waals surface area contributed by atoms with Crippen LogP contribution in [-0.4, -0.2) is 9.13 Å². The normalized spacial score (nSPS) is 12.1. The third-order valence-corrected chi connectivity index (χ3v) is 13.5. The number of furan rings is 1. The highest BCUT2D eigenvalue weighted by Gasteiger charge is 2.21. The molecule has 0 aliphatic heterocycles. The van der Waals surface area contributed by atoms with Crippen LogP contribution in [0.2, 0.25) is 0 Å². The largest absolute Gasteiger partial charge is 0.456 e. The molecule has 0 radical (unpaired) electrons. The lowest BCUT2D eigenvalue weighted by atomic mass is 9.94. The summed E-state index contributed by atoms with van der Waals surface area (Å²) in [5.41, 5.74) is 11.9. The van der Waals surface area contributed by atoms with Crippen LogP contribution >= 0.6 is 0 Å². The fraction of sp³-hybridized carbons (Fsp3) is 0. The molecule has 0 amide bonds. The lowest BCUT2D eigenvalue weighted by molar-refractivity contribution is 0.669. The highest BCUT2D eigenvalue weighted by atomic mass is 16.3. The number of hydrogen-bond donors (Lipinski definition) is 0. The monoisotopic (exact) mass is 815 g/mol.